The molecule has 2 nitrogen and oxygen atoms in total. The van der Waals surface area contributed by atoms with Gasteiger partial charge in [-0.2, -0.15) is 0 Å². The number of esters is 1. The molecule has 13 heavy (non-hydrogen) atoms. The highest BCUT2D eigenvalue weighted by molar-refractivity contribution is 5.76. The fourth-order valence-electron chi connectivity index (χ4n) is 2.73. The summed E-state index contributed by atoms with van der Waals surface area (Å²) in [7, 11) is 0. The molecule has 0 aromatic rings. The first-order valence-electron chi connectivity index (χ1n) is 5.45. The minimum atomic E-state index is 0.0596. The second-order valence-corrected chi connectivity index (χ2v) is 4.43. The Morgan fingerprint density at radius 3 is 2.69 bits per heavy atom. The monoisotopic (exact) mass is 182 g/mol. The normalized spacial score (nSPS) is 30.1. The van der Waals surface area contributed by atoms with Crippen molar-refractivity contribution in [3.63, 3.8) is 0 Å². The highest BCUT2D eigenvalue weighted by Crippen LogP contribution is 2.61. The van der Waals surface area contributed by atoms with E-state index in [2.05, 4.69) is 0 Å². The lowest BCUT2D eigenvalue weighted by atomic mass is 9.84. The molecule has 0 aliphatic heterocycles. The number of ether oxygens (including phenoxy) is 1. The summed E-state index contributed by atoms with van der Waals surface area (Å²) in [6.45, 7) is 2.42. The molecule has 2 fully saturated rings. The van der Waals surface area contributed by atoms with Crippen molar-refractivity contribution in [1.29, 1.82) is 0 Å². The van der Waals surface area contributed by atoms with Crippen molar-refractivity contribution in [2.45, 2.75) is 45.4 Å². The van der Waals surface area contributed by atoms with E-state index >= 15 is 0 Å². The molecular weight excluding hydrogens is 164 g/mol. The average Bonchev–Trinajstić information content (AvgIpc) is 2.81. The van der Waals surface area contributed by atoms with Crippen molar-refractivity contribution in [2.75, 3.05) is 6.61 Å². The zero-order chi connectivity index (χ0) is 9.31. The molecule has 0 bridgehead atoms. The van der Waals surface area contributed by atoms with Crippen LogP contribution in [0.3, 0.4) is 0 Å². The van der Waals surface area contributed by atoms with Gasteiger partial charge in [-0.3, -0.25) is 4.79 Å². The largest absolute Gasteiger partial charge is 0.466 e. The molecule has 2 aliphatic rings. The zero-order valence-corrected chi connectivity index (χ0v) is 8.34. The van der Waals surface area contributed by atoms with Crippen molar-refractivity contribution < 1.29 is 9.53 Å². The fourth-order valence-corrected chi connectivity index (χ4v) is 2.73. The minimum absolute atomic E-state index is 0.0596. The van der Waals surface area contributed by atoms with Crippen LogP contribution in [-0.4, -0.2) is 12.6 Å². The third kappa shape index (κ3) is 1.59. The number of hydrogen-bond acceptors (Lipinski definition) is 2. The standard InChI is InChI=1S/C11H18O2/c1-2-13-10(12)9-8-11(9)6-4-3-5-7-11/h9H,2-8H2,1H3. The van der Waals surface area contributed by atoms with Gasteiger partial charge in [0.05, 0.1) is 12.5 Å². The topological polar surface area (TPSA) is 26.3 Å². The molecule has 1 spiro atoms. The van der Waals surface area contributed by atoms with E-state index in [1.54, 1.807) is 0 Å². The molecule has 74 valence electrons. The minimum Gasteiger partial charge on any atom is -0.466 e. The van der Waals surface area contributed by atoms with Crippen molar-refractivity contribution in [3.8, 4) is 0 Å². The Morgan fingerprint density at radius 2 is 2.08 bits per heavy atom. The Kier molecular flexibility index (Phi) is 2.31. The van der Waals surface area contributed by atoms with Crippen LogP contribution in [0.1, 0.15) is 45.4 Å². The Labute approximate surface area is 79.7 Å². The van der Waals surface area contributed by atoms with Crippen LogP contribution in [0, 0.1) is 11.3 Å². The van der Waals surface area contributed by atoms with E-state index in [1.165, 1.54) is 32.1 Å². The number of carbonyl (C=O) groups is 1. The van der Waals surface area contributed by atoms with Crippen LogP contribution in [0.4, 0.5) is 0 Å². The summed E-state index contributed by atoms with van der Waals surface area (Å²) in [6.07, 6.45) is 7.61. The van der Waals surface area contributed by atoms with E-state index in [9.17, 15) is 4.79 Å². The van der Waals surface area contributed by atoms with Gasteiger partial charge < -0.3 is 4.74 Å². The lowest BCUT2D eigenvalue weighted by molar-refractivity contribution is -0.145. The molecule has 2 heteroatoms. The molecule has 0 N–H and O–H groups in total. The Balaban J connectivity index is 1.88. The summed E-state index contributed by atoms with van der Waals surface area (Å²) >= 11 is 0. The van der Waals surface area contributed by atoms with Crippen LogP contribution in [0.15, 0.2) is 0 Å². The van der Waals surface area contributed by atoms with Crippen LogP contribution in [0.5, 0.6) is 0 Å². The van der Waals surface area contributed by atoms with Gasteiger partial charge in [-0.1, -0.05) is 19.3 Å². The molecule has 2 saturated carbocycles. The SMILES string of the molecule is CCOC(=O)C1CC12CCCCC2. The van der Waals surface area contributed by atoms with Gasteiger partial charge in [-0.25, -0.2) is 0 Å². The van der Waals surface area contributed by atoms with E-state index < -0.39 is 0 Å². The molecule has 0 radical (unpaired) electrons. The van der Waals surface area contributed by atoms with Crippen LogP contribution in [0.2, 0.25) is 0 Å². The van der Waals surface area contributed by atoms with Crippen molar-refractivity contribution >= 4 is 5.97 Å². The second-order valence-electron chi connectivity index (χ2n) is 4.43. The van der Waals surface area contributed by atoms with E-state index in [1.807, 2.05) is 6.92 Å². The Hall–Kier alpha value is -0.530. The molecule has 0 saturated heterocycles. The fraction of sp³-hybridized carbons (Fsp3) is 0.909. The second kappa shape index (κ2) is 3.32. The van der Waals surface area contributed by atoms with E-state index in [4.69, 9.17) is 4.74 Å². The van der Waals surface area contributed by atoms with Gasteiger partial charge >= 0.3 is 5.97 Å². The predicted molar refractivity (Wildman–Crippen MR) is 50.3 cm³/mol. The van der Waals surface area contributed by atoms with Crippen LogP contribution in [-0.2, 0) is 9.53 Å². The van der Waals surface area contributed by atoms with E-state index in [-0.39, 0.29) is 11.9 Å². The lowest BCUT2D eigenvalue weighted by Crippen LogP contribution is -2.16. The lowest BCUT2D eigenvalue weighted by Gasteiger charge is -2.21. The van der Waals surface area contributed by atoms with Gasteiger partial charge in [0.25, 0.3) is 0 Å². The molecule has 0 heterocycles. The first kappa shape index (κ1) is 9.04. The quantitative estimate of drug-likeness (QED) is 0.613. The summed E-state index contributed by atoms with van der Waals surface area (Å²) in [5.41, 5.74) is 0.393. The van der Waals surface area contributed by atoms with E-state index in [0.717, 1.165) is 6.42 Å². The zero-order valence-electron chi connectivity index (χ0n) is 8.34. The molecular formula is C11H18O2. The summed E-state index contributed by atoms with van der Waals surface area (Å²) in [6, 6.07) is 0. The third-order valence-electron chi connectivity index (χ3n) is 3.61. The number of rotatable bonds is 2. The van der Waals surface area contributed by atoms with Gasteiger partial charge in [0.2, 0.25) is 0 Å². The highest BCUT2D eigenvalue weighted by atomic mass is 16.5. The van der Waals surface area contributed by atoms with Crippen molar-refractivity contribution in [2.24, 2.45) is 11.3 Å². The first-order chi connectivity index (χ1) is 6.28. The number of hydrogen-bond donors (Lipinski definition) is 0. The molecule has 0 aromatic heterocycles. The summed E-state index contributed by atoms with van der Waals surface area (Å²) in [5.74, 6) is 0.317. The van der Waals surface area contributed by atoms with Crippen LogP contribution < -0.4 is 0 Å². The molecule has 0 amide bonds. The van der Waals surface area contributed by atoms with Gasteiger partial charge in [0.15, 0.2) is 0 Å². The van der Waals surface area contributed by atoms with Crippen LogP contribution >= 0.6 is 0 Å². The summed E-state index contributed by atoms with van der Waals surface area (Å²) in [5, 5.41) is 0. The van der Waals surface area contributed by atoms with Crippen LogP contribution in [0.25, 0.3) is 0 Å². The molecule has 0 aromatic carbocycles. The van der Waals surface area contributed by atoms with Gasteiger partial charge in [0, 0.05) is 0 Å². The first-order valence-corrected chi connectivity index (χ1v) is 5.45. The summed E-state index contributed by atoms with van der Waals surface area (Å²) < 4.78 is 5.05. The highest BCUT2D eigenvalue weighted by Gasteiger charge is 2.58. The molecule has 1 unspecified atom stereocenters. The Bertz CT molecular complexity index is 204. The van der Waals surface area contributed by atoms with Gasteiger partial charge in [-0.15, -0.1) is 0 Å². The maximum Gasteiger partial charge on any atom is 0.309 e. The number of carbonyl (C=O) groups excluding carboxylic acids is 1. The third-order valence-corrected chi connectivity index (χ3v) is 3.61. The van der Waals surface area contributed by atoms with Crippen molar-refractivity contribution in [3.05, 3.63) is 0 Å². The van der Waals surface area contributed by atoms with Gasteiger partial charge in [-0.05, 0) is 31.6 Å². The van der Waals surface area contributed by atoms with Gasteiger partial charge in [0.1, 0.15) is 0 Å². The predicted octanol–water partition coefficient (Wildman–Crippen LogP) is 2.52. The maximum atomic E-state index is 11.5. The molecule has 2 rings (SSSR count). The molecule has 2 aliphatic carbocycles. The van der Waals surface area contributed by atoms with E-state index in [0.29, 0.717) is 12.0 Å². The Morgan fingerprint density at radius 1 is 1.38 bits per heavy atom. The average molecular weight is 182 g/mol. The molecule has 1 atom stereocenters. The van der Waals surface area contributed by atoms with Crippen molar-refractivity contribution in [1.82, 2.24) is 0 Å². The smallest absolute Gasteiger partial charge is 0.309 e. The maximum absolute atomic E-state index is 11.5. The summed E-state index contributed by atoms with van der Waals surface area (Å²) in [4.78, 5) is 11.5.